The Hall–Kier alpha value is -12.1. The van der Waals surface area contributed by atoms with Gasteiger partial charge in [-0.3, -0.25) is 76.7 Å². The molecule has 682 valence electrons. The number of aliphatic hydroxyl groups excluding tert-OH is 2. The first-order valence-electron chi connectivity index (χ1n) is 42.1. The fraction of sp³-hybridized carbons (Fsp3) is 0.518. The molecule has 3 aromatic carbocycles. The Labute approximate surface area is 735 Å². The molecule has 0 radical (unpaired) electrons. The predicted octanol–water partition coefficient (Wildman–Crippen LogP) is -1.26. The zero-order valence-corrected chi connectivity index (χ0v) is 73.1. The number of hydrogen-bond acceptors (Lipinski definition) is 23. The van der Waals surface area contributed by atoms with Crippen molar-refractivity contribution in [2.45, 2.75) is 221 Å². The number of para-hydroxylation sites is 1. The number of carbonyl (C=O) groups is 16. The van der Waals surface area contributed by atoms with Crippen LogP contribution in [-0.4, -0.2) is 304 Å². The highest BCUT2D eigenvalue weighted by Gasteiger charge is 2.46. The van der Waals surface area contributed by atoms with Crippen LogP contribution < -0.4 is 59.3 Å². The number of imidazole rings is 1. The van der Waals surface area contributed by atoms with Crippen molar-refractivity contribution in [3.8, 4) is 5.75 Å². The molecule has 0 spiro atoms. The number of benzene rings is 3. The maximum absolute atomic E-state index is 15.6. The molecule has 15 amide bonds. The number of phenolic OH excluding ortho intramolecular Hbond substituents is 1. The number of thiophene rings is 1. The van der Waals surface area contributed by atoms with E-state index >= 15 is 28.8 Å². The average Bonchev–Trinajstić information content (AvgIpc) is 1.58. The van der Waals surface area contributed by atoms with Gasteiger partial charge in [-0.15, -0.1) is 23.1 Å². The molecule has 0 saturated carbocycles. The van der Waals surface area contributed by atoms with E-state index < -0.39 is 217 Å². The molecule has 19 N–H and O–H groups in total. The van der Waals surface area contributed by atoms with E-state index in [1.165, 1.54) is 92.9 Å². The number of carbonyl (C=O) groups excluding carboxylic acids is 15. The smallest absolute Gasteiger partial charge is 0.305 e. The number of carboxylic acid groups (broad SMARTS) is 1. The van der Waals surface area contributed by atoms with Gasteiger partial charge in [0.1, 0.15) is 90.3 Å². The summed E-state index contributed by atoms with van der Waals surface area (Å²) in [6.07, 6.45) is 2.40. The van der Waals surface area contributed by atoms with Crippen LogP contribution in [-0.2, 0) is 102 Å². The molecule has 3 aliphatic rings. The normalized spacial score (nSPS) is 25.8. The number of hydrogen-bond donors (Lipinski definition) is 17. The number of aromatic amines is 2. The molecule has 6 aromatic rings. The Morgan fingerprint density at radius 3 is 1.81 bits per heavy atom. The summed E-state index contributed by atoms with van der Waals surface area (Å²) in [5, 5.41) is 69.7. The third kappa shape index (κ3) is 25.8. The number of amides is 15. The second kappa shape index (κ2) is 46.2. The molecular formula is C85H115N19O20S2. The Morgan fingerprint density at radius 2 is 1.15 bits per heavy atom. The van der Waals surface area contributed by atoms with Crippen LogP contribution in [0.4, 0.5) is 0 Å². The van der Waals surface area contributed by atoms with Crippen LogP contribution in [0.2, 0.25) is 0 Å². The molecule has 126 heavy (non-hydrogen) atoms. The van der Waals surface area contributed by atoms with Gasteiger partial charge < -0.3 is 114 Å². The lowest BCUT2D eigenvalue weighted by Gasteiger charge is -2.36. The molecule has 0 aliphatic carbocycles. The quantitative estimate of drug-likeness (QED) is 0.0400. The summed E-state index contributed by atoms with van der Waals surface area (Å²) in [6.45, 7) is 4.57. The van der Waals surface area contributed by atoms with Crippen molar-refractivity contribution in [1.82, 2.24) is 87.3 Å². The van der Waals surface area contributed by atoms with Crippen LogP contribution in [0.5, 0.6) is 5.75 Å². The van der Waals surface area contributed by atoms with Gasteiger partial charge in [0.05, 0.1) is 31.2 Å². The minimum absolute atomic E-state index is 0.0185. The van der Waals surface area contributed by atoms with Crippen molar-refractivity contribution >= 4 is 139 Å². The fourth-order valence-corrected chi connectivity index (χ4v) is 17.4. The van der Waals surface area contributed by atoms with Crippen LogP contribution in [0, 0.1) is 0 Å². The second-order valence-corrected chi connectivity index (χ2v) is 34.0. The third-order valence-corrected chi connectivity index (χ3v) is 24.9. The summed E-state index contributed by atoms with van der Waals surface area (Å²) < 4.78 is 0.830. The van der Waals surface area contributed by atoms with Crippen LogP contribution in [0.25, 0.3) is 21.0 Å². The van der Waals surface area contributed by atoms with Gasteiger partial charge in [0.25, 0.3) is 0 Å². The highest BCUT2D eigenvalue weighted by molar-refractivity contribution is 8.00. The standard InChI is InChI=1S/C85H115N19O20S2/c1-8-10-22-65-78(117)91-46(3)73(112)99-64(72(87)111)43-125-44-70(108)92-60(32-48-26-28-52(106)29-27-48)81(120)100(5)47(4)74(113)96-62(37-71(109)110)84(123)103-31-17-24-66(103)79(118)95-59(35-51-39-88-45-90-51)76(115)93-57(21-16-30-86)83(122)104-40-53(107)36-68(104)80(119)94-58(33-49-38-89-56-20-14-12-18-54(49)56)75(114)98-63(41-105)77(116)97-61(34-50-42-126-69-25-15-13-19-55(50)69)82(121)102(7)67(23-11-9-2)85(124)101(65)6/h12-15,18-20,25-29,38-39,42,45-47,53,57-68,89,105-107H,8-11,16-17,21-24,30-37,40-41,43-44,86H2,1-7H3,(H2,87,111)(H,88,90)(H,91,117)(H,92,108)(H,93,115)(H,94,119)(H,95,118)(H,96,113)(H,97,116)(H,98,114)(H,99,112)(H,109,110)/t46-,47-,53+,57-,58-,59-,60-,61-,62-,63-,64-,65-,66-,67-,68-/m0/s1. The van der Waals surface area contributed by atoms with Crippen molar-refractivity contribution in [2.24, 2.45) is 11.5 Å². The Kier molecular flexibility index (Phi) is 35.9. The minimum atomic E-state index is -1.88. The van der Waals surface area contributed by atoms with Crippen LogP contribution in [0.15, 0.2) is 96.9 Å². The largest absolute Gasteiger partial charge is 0.508 e. The van der Waals surface area contributed by atoms with Crippen LogP contribution in [0.3, 0.4) is 0 Å². The Bertz CT molecular complexity index is 4880. The summed E-state index contributed by atoms with van der Waals surface area (Å²) in [5.41, 5.74) is 14.3. The van der Waals surface area contributed by atoms with Crippen LogP contribution in [0.1, 0.15) is 127 Å². The molecule has 3 aliphatic heterocycles. The lowest BCUT2D eigenvalue weighted by Crippen LogP contribution is -2.61. The number of aromatic hydroxyl groups is 1. The number of likely N-dealkylation sites (N-methyl/N-ethyl adjacent to an activating group) is 3. The highest BCUT2D eigenvalue weighted by atomic mass is 32.2. The molecule has 0 unspecified atom stereocenters. The van der Waals surface area contributed by atoms with E-state index in [-0.39, 0.29) is 88.8 Å². The number of aliphatic carboxylic acids is 1. The molecule has 3 fully saturated rings. The van der Waals surface area contributed by atoms with Gasteiger partial charge >= 0.3 is 5.97 Å². The number of nitrogens with two attached hydrogens (primary N) is 2. The summed E-state index contributed by atoms with van der Waals surface area (Å²) in [7, 11) is 3.95. The van der Waals surface area contributed by atoms with Crippen molar-refractivity contribution < 1.29 is 97.1 Å². The van der Waals surface area contributed by atoms with Gasteiger partial charge in [0.2, 0.25) is 88.6 Å². The first-order valence-corrected chi connectivity index (χ1v) is 44.2. The van der Waals surface area contributed by atoms with E-state index in [2.05, 4.69) is 62.8 Å². The number of aromatic nitrogens is 3. The number of H-pyrrole nitrogens is 2. The number of primary amides is 1. The van der Waals surface area contributed by atoms with Gasteiger partial charge in [0, 0.05) is 106 Å². The van der Waals surface area contributed by atoms with Gasteiger partial charge in [-0.25, -0.2) is 4.98 Å². The molecule has 6 heterocycles. The Balaban J connectivity index is 1.06. The SMILES string of the molecule is CCCC[C@H]1C(=O)N(C)[C@@H](CCCC)C(=O)N[C@@H](C)C(=O)N[C@H](C(N)=O)CSCC(=O)N[C@@H](Cc2ccc(O)cc2)C(=O)N(C)[C@@H](C)C(=O)N[C@@H](CC(=O)O)C(=O)N2CCC[C@H]2C(=O)N[C@@H](Cc2cnc[nH]2)C(=O)N[C@@H](CCCN)C(=O)N2C[C@H](O)C[C@H]2C(=O)N[C@@H](Cc2c[nH]c3ccccc23)C(=O)N[C@@H](CO)C(=O)N[C@@H](Cc2csc3ccccc23)C(=O)N1C. The van der Waals surface area contributed by atoms with E-state index in [1.807, 2.05) is 32.0 Å². The summed E-state index contributed by atoms with van der Waals surface area (Å²) in [6, 6.07) is -1.53. The molecule has 39 nitrogen and oxygen atoms in total. The molecule has 3 saturated heterocycles. The van der Waals surface area contributed by atoms with E-state index in [4.69, 9.17) is 11.5 Å². The second-order valence-electron chi connectivity index (χ2n) is 32.0. The number of rotatable bonds is 21. The van der Waals surface area contributed by atoms with E-state index in [0.717, 1.165) is 36.5 Å². The average molecular weight is 1790 g/mol. The zero-order chi connectivity index (χ0) is 91.8. The summed E-state index contributed by atoms with van der Waals surface area (Å²) in [4.78, 5) is 249. The summed E-state index contributed by atoms with van der Waals surface area (Å²) in [5.74, 6) is -16.4. The number of fused-ring (bicyclic) bond motifs is 4. The Morgan fingerprint density at radius 1 is 0.563 bits per heavy atom. The number of phenols is 1. The first-order chi connectivity index (χ1) is 60.1. The van der Waals surface area contributed by atoms with E-state index in [9.17, 15) is 68.4 Å². The van der Waals surface area contributed by atoms with Crippen molar-refractivity contribution in [3.05, 3.63) is 119 Å². The van der Waals surface area contributed by atoms with Crippen molar-refractivity contribution in [2.75, 3.05) is 58.9 Å². The molecule has 41 heteroatoms. The monoisotopic (exact) mass is 1790 g/mol. The lowest BCUT2D eigenvalue weighted by atomic mass is 10.00. The molecule has 0 bridgehead atoms. The highest BCUT2D eigenvalue weighted by Crippen LogP contribution is 2.30. The van der Waals surface area contributed by atoms with E-state index in [0.29, 0.717) is 59.0 Å². The number of nitrogens with zero attached hydrogens (tertiary/aromatic N) is 6. The zero-order valence-electron chi connectivity index (χ0n) is 71.4. The summed E-state index contributed by atoms with van der Waals surface area (Å²) >= 11 is 2.18. The van der Waals surface area contributed by atoms with Crippen molar-refractivity contribution in [1.29, 1.82) is 0 Å². The van der Waals surface area contributed by atoms with Gasteiger partial charge in [-0.2, -0.15) is 0 Å². The maximum Gasteiger partial charge on any atom is 0.305 e. The predicted molar refractivity (Wildman–Crippen MR) is 464 cm³/mol. The topological polar surface area (TPSA) is 575 Å². The number of aliphatic hydroxyl groups is 2. The lowest BCUT2D eigenvalue weighted by molar-refractivity contribution is -0.149. The van der Waals surface area contributed by atoms with Gasteiger partial charge in [-0.1, -0.05) is 88.1 Å². The number of thioether (sulfide) groups is 1. The van der Waals surface area contributed by atoms with Gasteiger partial charge in [-0.05, 0) is 111 Å². The van der Waals surface area contributed by atoms with E-state index in [1.54, 1.807) is 41.9 Å². The molecular weight excluding hydrogens is 1670 g/mol. The van der Waals surface area contributed by atoms with Crippen LogP contribution >= 0.6 is 23.1 Å². The first kappa shape index (κ1) is 97.7. The molecule has 3 aromatic heterocycles. The third-order valence-electron chi connectivity index (χ3n) is 22.9. The minimum Gasteiger partial charge on any atom is -0.508 e. The van der Waals surface area contributed by atoms with Gasteiger partial charge in [0.15, 0.2) is 0 Å². The van der Waals surface area contributed by atoms with Crippen molar-refractivity contribution in [3.63, 3.8) is 0 Å². The number of unbranched alkanes of at least 4 members (excludes halogenated alkanes) is 2. The number of nitrogens with one attached hydrogen (secondary N) is 11. The fourth-order valence-electron chi connectivity index (χ4n) is 15.6. The molecule has 9 rings (SSSR count). The molecule has 15 atom stereocenters. The maximum atomic E-state index is 15.6. The number of carboxylic acids is 1.